The minimum Gasteiger partial charge on any atom is -0.486 e. The first kappa shape index (κ1) is 24.4. The van der Waals surface area contributed by atoms with E-state index in [1.165, 1.54) is 36.7 Å². The SMILES string of the molecule is O=C1CCC(N2C(=O)c3cccc(OCc4csc(C(=O)OC56CC7CC(CC(C7)C5)C6)n4)c3C2=O)C(=O)N1. The van der Waals surface area contributed by atoms with Gasteiger partial charge in [0, 0.05) is 11.8 Å². The minimum atomic E-state index is -1.05. The Kier molecular flexibility index (Phi) is 5.62. The lowest BCUT2D eigenvalue weighted by atomic mass is 9.54. The van der Waals surface area contributed by atoms with Crippen LogP contribution in [0.5, 0.6) is 5.75 Å². The number of ether oxygens (including phenoxy) is 2. The molecule has 11 heteroatoms. The summed E-state index contributed by atoms with van der Waals surface area (Å²) >= 11 is 1.20. The summed E-state index contributed by atoms with van der Waals surface area (Å²) < 4.78 is 12.0. The van der Waals surface area contributed by atoms with Gasteiger partial charge in [-0.15, -0.1) is 11.3 Å². The highest BCUT2D eigenvalue weighted by Crippen LogP contribution is 2.57. The lowest BCUT2D eigenvalue weighted by molar-refractivity contribution is -0.136. The summed E-state index contributed by atoms with van der Waals surface area (Å²) in [7, 11) is 0. The Morgan fingerprint density at radius 3 is 2.46 bits per heavy atom. The number of esters is 1. The van der Waals surface area contributed by atoms with Gasteiger partial charge in [0.05, 0.1) is 16.8 Å². The molecule has 2 aromatic rings. The average molecular weight is 550 g/mol. The number of imide groups is 2. The quantitative estimate of drug-likeness (QED) is 0.429. The maximum absolute atomic E-state index is 13.2. The molecular weight excluding hydrogens is 522 g/mol. The summed E-state index contributed by atoms with van der Waals surface area (Å²) in [5.41, 5.74) is 0.373. The van der Waals surface area contributed by atoms with Crippen LogP contribution in [0, 0.1) is 17.8 Å². The molecule has 10 nitrogen and oxygen atoms in total. The van der Waals surface area contributed by atoms with Gasteiger partial charge >= 0.3 is 5.97 Å². The number of amides is 4. The van der Waals surface area contributed by atoms with Gasteiger partial charge in [-0.2, -0.15) is 0 Å². The van der Waals surface area contributed by atoms with Crippen LogP contribution in [0.25, 0.3) is 0 Å². The van der Waals surface area contributed by atoms with Crippen molar-refractivity contribution in [1.29, 1.82) is 0 Å². The maximum Gasteiger partial charge on any atom is 0.367 e. The lowest BCUT2D eigenvalue weighted by Gasteiger charge is -2.55. The Morgan fingerprint density at radius 2 is 1.77 bits per heavy atom. The molecule has 4 saturated carbocycles. The zero-order valence-electron chi connectivity index (χ0n) is 21.1. The van der Waals surface area contributed by atoms with Gasteiger partial charge in [-0.05, 0) is 74.8 Å². The van der Waals surface area contributed by atoms with Crippen molar-refractivity contribution in [3.8, 4) is 5.75 Å². The van der Waals surface area contributed by atoms with Crippen LogP contribution in [0.2, 0.25) is 0 Å². The van der Waals surface area contributed by atoms with Gasteiger partial charge < -0.3 is 9.47 Å². The molecule has 2 aliphatic heterocycles. The zero-order chi connectivity index (χ0) is 26.9. The second-order valence-electron chi connectivity index (χ2n) is 11.5. The second kappa shape index (κ2) is 8.97. The molecule has 8 rings (SSSR count). The zero-order valence-corrected chi connectivity index (χ0v) is 22.0. The molecule has 1 aromatic carbocycles. The molecule has 6 aliphatic rings. The third-order valence-corrected chi connectivity index (χ3v) is 9.69. The average Bonchev–Trinajstić information content (AvgIpc) is 3.45. The van der Waals surface area contributed by atoms with Crippen LogP contribution >= 0.6 is 11.3 Å². The first-order valence-electron chi connectivity index (χ1n) is 13.4. The van der Waals surface area contributed by atoms with Crippen molar-refractivity contribution in [2.75, 3.05) is 0 Å². The van der Waals surface area contributed by atoms with Gasteiger partial charge in [-0.1, -0.05) is 6.07 Å². The number of aromatic nitrogens is 1. The number of hydrogen-bond donors (Lipinski definition) is 1. The van der Waals surface area contributed by atoms with Gasteiger partial charge in [-0.3, -0.25) is 29.4 Å². The largest absolute Gasteiger partial charge is 0.486 e. The van der Waals surface area contributed by atoms with Gasteiger partial charge in [-0.25, -0.2) is 9.78 Å². The van der Waals surface area contributed by atoms with Crippen molar-refractivity contribution in [2.24, 2.45) is 17.8 Å². The van der Waals surface area contributed by atoms with Crippen LogP contribution in [0.1, 0.15) is 87.6 Å². The summed E-state index contributed by atoms with van der Waals surface area (Å²) in [4.78, 5) is 68.5. The monoisotopic (exact) mass is 549 g/mol. The smallest absolute Gasteiger partial charge is 0.367 e. The second-order valence-corrected chi connectivity index (χ2v) is 12.4. The number of fused-ring (bicyclic) bond motifs is 1. The molecule has 1 aromatic heterocycles. The summed E-state index contributed by atoms with van der Waals surface area (Å²) in [6, 6.07) is 3.63. The predicted octanol–water partition coefficient (Wildman–Crippen LogP) is 3.25. The van der Waals surface area contributed by atoms with Crippen LogP contribution in [-0.4, -0.2) is 51.1 Å². The molecule has 4 bridgehead atoms. The predicted molar refractivity (Wildman–Crippen MR) is 136 cm³/mol. The highest BCUT2D eigenvalue weighted by molar-refractivity contribution is 7.11. The van der Waals surface area contributed by atoms with E-state index in [1.807, 2.05) is 0 Å². The van der Waals surface area contributed by atoms with E-state index < -0.39 is 35.6 Å². The molecule has 5 fully saturated rings. The number of carbonyl (C=O) groups is 5. The van der Waals surface area contributed by atoms with Crippen LogP contribution < -0.4 is 10.1 Å². The fourth-order valence-corrected chi connectivity index (χ4v) is 8.30. The van der Waals surface area contributed by atoms with Crippen LogP contribution in [0.3, 0.4) is 0 Å². The molecule has 0 spiro atoms. The van der Waals surface area contributed by atoms with Gasteiger partial charge in [0.15, 0.2) is 0 Å². The number of carbonyl (C=O) groups excluding carboxylic acids is 5. The molecule has 4 aliphatic carbocycles. The summed E-state index contributed by atoms with van der Waals surface area (Å²) in [5, 5.41) is 4.19. The Hall–Kier alpha value is -3.60. The third kappa shape index (κ3) is 4.14. The summed E-state index contributed by atoms with van der Waals surface area (Å²) in [6.45, 7) is -0.0164. The fraction of sp³-hybridized carbons (Fsp3) is 0.500. The van der Waals surface area contributed by atoms with E-state index in [1.54, 1.807) is 17.5 Å². The number of benzene rings is 1. The van der Waals surface area contributed by atoms with Crippen LogP contribution in [-0.2, 0) is 20.9 Å². The van der Waals surface area contributed by atoms with E-state index in [0.29, 0.717) is 23.4 Å². The van der Waals surface area contributed by atoms with Crippen molar-refractivity contribution in [3.63, 3.8) is 0 Å². The van der Waals surface area contributed by atoms with Gasteiger partial charge in [0.2, 0.25) is 16.8 Å². The normalized spacial score (nSPS) is 30.9. The van der Waals surface area contributed by atoms with Crippen molar-refractivity contribution >= 4 is 40.9 Å². The molecular formula is C28H27N3O7S. The van der Waals surface area contributed by atoms with E-state index in [2.05, 4.69) is 10.3 Å². The molecule has 1 atom stereocenters. The van der Waals surface area contributed by atoms with Crippen molar-refractivity contribution in [2.45, 2.75) is 69.6 Å². The van der Waals surface area contributed by atoms with Crippen LogP contribution in [0.4, 0.5) is 0 Å². The number of nitrogens with one attached hydrogen (secondary N) is 1. The molecule has 1 saturated heterocycles. The summed E-state index contributed by atoms with van der Waals surface area (Å²) in [6.07, 6.45) is 6.77. The Labute approximate surface area is 228 Å². The first-order valence-corrected chi connectivity index (χ1v) is 14.3. The van der Waals surface area contributed by atoms with Crippen molar-refractivity contribution in [1.82, 2.24) is 15.2 Å². The Morgan fingerprint density at radius 1 is 1.05 bits per heavy atom. The van der Waals surface area contributed by atoms with E-state index >= 15 is 0 Å². The minimum absolute atomic E-state index is 0.0164. The van der Waals surface area contributed by atoms with E-state index in [0.717, 1.165) is 24.2 Å². The highest BCUT2D eigenvalue weighted by atomic mass is 32.1. The Balaban J connectivity index is 1.03. The topological polar surface area (TPSA) is 132 Å². The molecule has 0 radical (unpaired) electrons. The standard InChI is InChI=1S/C28H27N3O7S/c32-21-5-4-19(23(33)30-21)31-25(34)18-2-1-3-20(22(18)26(31)35)37-12-17-13-39-24(29-17)27(36)38-28-9-14-6-15(10-28)8-16(7-14)11-28/h1-3,13-16,19H,4-12H2,(H,30,32,33). The van der Waals surface area contributed by atoms with Crippen LogP contribution in [0.15, 0.2) is 23.6 Å². The molecule has 202 valence electrons. The highest BCUT2D eigenvalue weighted by Gasteiger charge is 2.53. The first-order chi connectivity index (χ1) is 18.8. The number of hydrogen-bond acceptors (Lipinski definition) is 9. The molecule has 1 unspecified atom stereocenters. The maximum atomic E-state index is 13.2. The van der Waals surface area contributed by atoms with Gasteiger partial charge in [0.25, 0.3) is 11.8 Å². The molecule has 39 heavy (non-hydrogen) atoms. The summed E-state index contributed by atoms with van der Waals surface area (Å²) in [5.74, 6) is -0.551. The van der Waals surface area contributed by atoms with Crippen molar-refractivity contribution in [3.05, 3.63) is 45.4 Å². The Bertz CT molecular complexity index is 1400. The lowest BCUT2D eigenvalue weighted by Crippen LogP contribution is -2.54. The van der Waals surface area contributed by atoms with Crippen molar-refractivity contribution < 1.29 is 33.4 Å². The third-order valence-electron chi connectivity index (χ3n) is 8.82. The molecule has 3 heterocycles. The van der Waals surface area contributed by atoms with E-state index in [9.17, 15) is 24.0 Å². The number of rotatable bonds is 6. The number of piperidine rings is 1. The fourth-order valence-electron chi connectivity index (χ4n) is 7.62. The number of thiazole rings is 1. The van der Waals surface area contributed by atoms with Gasteiger partial charge in [0.1, 0.15) is 24.0 Å². The molecule has 1 N–H and O–H groups in total. The molecule has 4 amide bonds. The van der Waals surface area contributed by atoms with E-state index in [-0.39, 0.29) is 46.9 Å². The van der Waals surface area contributed by atoms with E-state index in [4.69, 9.17) is 9.47 Å². The number of nitrogens with zero attached hydrogens (tertiary/aromatic N) is 2.